The van der Waals surface area contributed by atoms with E-state index in [2.05, 4.69) is 5.09 Å². The highest BCUT2D eigenvalue weighted by atomic mass is 31.2. The number of fused-ring (bicyclic) bond motifs is 1. The summed E-state index contributed by atoms with van der Waals surface area (Å²) in [4.78, 5) is 37.5. The van der Waals surface area contributed by atoms with Crippen LogP contribution in [0.5, 0.6) is 5.75 Å². The Hall–Kier alpha value is -3.56. The van der Waals surface area contributed by atoms with Gasteiger partial charge in [0.15, 0.2) is 18.0 Å². The van der Waals surface area contributed by atoms with Gasteiger partial charge in [-0.2, -0.15) is 9.48 Å². The van der Waals surface area contributed by atoms with E-state index < -0.39 is 80.1 Å². The number of H-pyrrole nitrogens is 1. The normalized spacial score (nSPS) is 24.3. The molecule has 0 bridgehead atoms. The van der Waals surface area contributed by atoms with Crippen LogP contribution < -0.4 is 20.9 Å². The molecule has 0 aliphatic carbocycles. The Morgan fingerprint density at radius 2 is 1.86 bits per heavy atom. The maximum absolute atomic E-state index is 15.2. The van der Waals surface area contributed by atoms with Crippen molar-refractivity contribution in [1.82, 2.24) is 14.6 Å². The van der Waals surface area contributed by atoms with E-state index in [0.29, 0.717) is 5.39 Å². The third-order valence-corrected chi connectivity index (χ3v) is 8.07. The van der Waals surface area contributed by atoms with Crippen LogP contribution in [0.4, 0.5) is 17.6 Å². The first-order valence-corrected chi connectivity index (χ1v) is 14.4. The standard InChI is InChI=1S/C26H28F4N3O9P/c1-13(2)40-23(36)14(3)32-43(38,42-17-9-8-15-6-4-5-7-16(15)10-17)39-12-26(24(29)30)20(34)19(28)22(41-26)33-11-18(27)21(35)31-25(33)37/h4-11,13-14,19-20,22,24,34H,12H2,1-3H3,(H,32,38)(H,31,35,37)/t14-,19-,20-,22+,26+,43?/m0/s1. The van der Waals surface area contributed by atoms with E-state index in [1.165, 1.54) is 24.0 Å². The summed E-state index contributed by atoms with van der Waals surface area (Å²) in [5.74, 6) is -2.53. The number of aliphatic hydroxyl groups excluding tert-OH is 1. The smallest absolute Gasteiger partial charge is 0.459 e. The van der Waals surface area contributed by atoms with Crippen molar-refractivity contribution >= 4 is 24.5 Å². The Morgan fingerprint density at radius 3 is 2.51 bits per heavy atom. The summed E-state index contributed by atoms with van der Waals surface area (Å²) in [5.41, 5.74) is -6.15. The third kappa shape index (κ3) is 6.83. The maximum Gasteiger partial charge on any atom is 0.459 e. The van der Waals surface area contributed by atoms with Gasteiger partial charge in [-0.1, -0.05) is 30.3 Å². The van der Waals surface area contributed by atoms with Gasteiger partial charge < -0.3 is 19.1 Å². The van der Waals surface area contributed by atoms with Crippen LogP contribution in [-0.2, 0) is 23.4 Å². The van der Waals surface area contributed by atoms with Crippen LogP contribution in [0.15, 0.2) is 58.3 Å². The molecule has 1 aromatic heterocycles. The molecule has 1 fully saturated rings. The summed E-state index contributed by atoms with van der Waals surface area (Å²) >= 11 is 0. The zero-order valence-electron chi connectivity index (χ0n) is 22.9. The summed E-state index contributed by atoms with van der Waals surface area (Å²) in [6, 6.07) is 10.1. The van der Waals surface area contributed by atoms with Crippen LogP contribution in [0.25, 0.3) is 10.8 Å². The number of ether oxygens (including phenoxy) is 2. The molecule has 2 heterocycles. The number of esters is 1. The maximum atomic E-state index is 15.2. The number of nitrogens with one attached hydrogen (secondary N) is 2. The number of alkyl halides is 3. The second kappa shape index (κ2) is 12.6. The first-order chi connectivity index (χ1) is 20.2. The number of aromatic nitrogens is 2. The molecule has 1 aliphatic heterocycles. The van der Waals surface area contributed by atoms with Gasteiger partial charge in [-0.3, -0.25) is 23.7 Å². The molecule has 1 aliphatic rings. The summed E-state index contributed by atoms with van der Waals surface area (Å²) < 4.78 is 93.0. The number of rotatable bonds is 11. The predicted molar refractivity (Wildman–Crippen MR) is 143 cm³/mol. The van der Waals surface area contributed by atoms with Crippen molar-refractivity contribution in [1.29, 1.82) is 0 Å². The fourth-order valence-electron chi connectivity index (χ4n) is 4.27. The quantitative estimate of drug-likeness (QED) is 0.163. The molecule has 17 heteroatoms. The monoisotopic (exact) mass is 633 g/mol. The molecule has 3 N–H and O–H groups in total. The van der Waals surface area contributed by atoms with Crippen molar-refractivity contribution in [3.63, 3.8) is 0 Å². The van der Waals surface area contributed by atoms with Gasteiger partial charge in [-0.15, -0.1) is 0 Å². The van der Waals surface area contributed by atoms with Crippen molar-refractivity contribution < 1.29 is 50.5 Å². The van der Waals surface area contributed by atoms with Crippen molar-refractivity contribution in [2.75, 3.05) is 6.61 Å². The molecule has 0 saturated carbocycles. The number of carbonyl (C=O) groups is 1. The van der Waals surface area contributed by atoms with Crippen LogP contribution in [0, 0.1) is 5.82 Å². The minimum Gasteiger partial charge on any atom is -0.462 e. The molecular weight excluding hydrogens is 605 g/mol. The largest absolute Gasteiger partial charge is 0.462 e. The van der Waals surface area contributed by atoms with Crippen LogP contribution in [0.3, 0.4) is 0 Å². The summed E-state index contributed by atoms with van der Waals surface area (Å²) in [5, 5.41) is 14.2. The molecule has 12 nitrogen and oxygen atoms in total. The third-order valence-electron chi connectivity index (χ3n) is 6.45. The molecule has 0 spiro atoms. The molecule has 6 atom stereocenters. The number of hydrogen-bond donors (Lipinski definition) is 3. The lowest BCUT2D eigenvalue weighted by molar-refractivity contribution is -0.193. The fourth-order valence-corrected chi connectivity index (χ4v) is 5.79. The van der Waals surface area contributed by atoms with Crippen molar-refractivity contribution in [2.45, 2.75) is 63.4 Å². The number of aromatic amines is 1. The fraction of sp³-hybridized carbons (Fsp3) is 0.423. The van der Waals surface area contributed by atoms with E-state index in [9.17, 15) is 37.2 Å². The lowest BCUT2D eigenvalue weighted by atomic mass is 9.97. The number of nitrogens with zero attached hydrogens (tertiary/aromatic N) is 1. The minimum absolute atomic E-state index is 0.0746. The molecule has 1 unspecified atom stereocenters. The second-order valence-corrected chi connectivity index (χ2v) is 11.7. The van der Waals surface area contributed by atoms with Crippen LogP contribution in [0.1, 0.15) is 27.0 Å². The van der Waals surface area contributed by atoms with Gasteiger partial charge in [-0.25, -0.2) is 22.5 Å². The van der Waals surface area contributed by atoms with Gasteiger partial charge in [0.2, 0.25) is 5.82 Å². The Balaban J connectivity index is 1.66. The van der Waals surface area contributed by atoms with E-state index >= 15 is 4.39 Å². The van der Waals surface area contributed by atoms with Crippen molar-refractivity contribution in [3.8, 4) is 5.75 Å². The molecule has 0 amide bonds. The van der Waals surface area contributed by atoms with Crippen molar-refractivity contribution in [2.24, 2.45) is 0 Å². The van der Waals surface area contributed by atoms with Gasteiger partial charge in [0.05, 0.1) is 18.9 Å². The van der Waals surface area contributed by atoms with Gasteiger partial charge >= 0.3 is 19.4 Å². The lowest BCUT2D eigenvalue weighted by Gasteiger charge is -2.32. The number of hydrogen-bond acceptors (Lipinski definition) is 9. The zero-order chi connectivity index (χ0) is 31.7. The van der Waals surface area contributed by atoms with E-state index in [4.69, 9.17) is 18.5 Å². The minimum atomic E-state index is -4.84. The predicted octanol–water partition coefficient (Wildman–Crippen LogP) is 3.19. The summed E-state index contributed by atoms with van der Waals surface area (Å²) in [6.07, 6.45) is -11.9. The average molecular weight is 633 g/mol. The van der Waals surface area contributed by atoms with Crippen LogP contribution in [0.2, 0.25) is 0 Å². The van der Waals surface area contributed by atoms with E-state index in [1.54, 1.807) is 44.2 Å². The van der Waals surface area contributed by atoms with Gasteiger partial charge in [0.25, 0.3) is 12.0 Å². The Kier molecular flexibility index (Phi) is 9.47. The molecule has 1 saturated heterocycles. The molecule has 2 aromatic carbocycles. The first kappa shape index (κ1) is 32.4. The second-order valence-electron chi connectivity index (χ2n) is 10.0. The lowest BCUT2D eigenvalue weighted by Crippen LogP contribution is -2.52. The molecule has 43 heavy (non-hydrogen) atoms. The van der Waals surface area contributed by atoms with E-state index in [1.807, 2.05) is 0 Å². The van der Waals surface area contributed by atoms with Gasteiger partial charge in [-0.05, 0) is 43.7 Å². The zero-order valence-corrected chi connectivity index (χ0v) is 23.8. The Bertz CT molecular complexity index is 1650. The Labute approximate surface area is 241 Å². The van der Waals surface area contributed by atoms with Crippen LogP contribution in [-0.4, -0.2) is 63.7 Å². The number of carbonyl (C=O) groups excluding carboxylic acids is 1. The molecular formula is C26H28F4N3O9P. The number of benzene rings is 2. The number of aliphatic hydroxyl groups is 1. The summed E-state index contributed by atoms with van der Waals surface area (Å²) in [7, 11) is -4.84. The topological polar surface area (TPSA) is 158 Å². The molecule has 0 radical (unpaired) electrons. The van der Waals surface area contributed by atoms with Crippen molar-refractivity contribution in [3.05, 3.63) is 75.3 Å². The number of halogens is 4. The highest BCUT2D eigenvalue weighted by Crippen LogP contribution is 2.50. The van der Waals surface area contributed by atoms with E-state index in [0.717, 1.165) is 5.39 Å². The highest BCUT2D eigenvalue weighted by molar-refractivity contribution is 7.52. The molecule has 4 rings (SSSR count). The summed E-state index contributed by atoms with van der Waals surface area (Å²) in [6.45, 7) is 2.84. The van der Waals surface area contributed by atoms with E-state index in [-0.39, 0.29) is 16.5 Å². The van der Waals surface area contributed by atoms with Crippen LogP contribution >= 0.6 is 7.75 Å². The highest BCUT2D eigenvalue weighted by Gasteiger charge is 2.62. The van der Waals surface area contributed by atoms with Gasteiger partial charge in [0.1, 0.15) is 17.9 Å². The SMILES string of the molecule is CC(C)OC(=O)[C@H](C)NP(=O)(OC[C@@]1(C(F)F)O[C@@H](n2cc(F)c(=O)[nH]c2=O)[C@@H](F)[C@@H]1O)Oc1ccc2ccccc2c1. The average Bonchev–Trinajstić information content (AvgIpc) is 3.19. The van der Waals surface area contributed by atoms with Gasteiger partial charge in [0, 0.05) is 0 Å². The molecule has 3 aromatic rings. The first-order valence-electron chi connectivity index (χ1n) is 12.9. The molecule has 234 valence electrons. The Morgan fingerprint density at radius 1 is 1.19 bits per heavy atom.